The second-order valence-corrected chi connectivity index (χ2v) is 4.47. The summed E-state index contributed by atoms with van der Waals surface area (Å²) in [5, 5.41) is 15.3. The van der Waals surface area contributed by atoms with E-state index in [1.54, 1.807) is 0 Å². The molecule has 1 aliphatic carbocycles. The number of hydrogen-bond acceptors (Lipinski definition) is 4. The Bertz CT molecular complexity index is 301. The maximum atomic E-state index is 4.15. The second kappa shape index (κ2) is 5.94. The molecule has 1 aromatic heterocycles. The van der Waals surface area contributed by atoms with Gasteiger partial charge in [-0.2, -0.15) is 0 Å². The van der Waals surface area contributed by atoms with Crippen LogP contribution < -0.4 is 5.32 Å². The molecule has 5 nitrogen and oxygen atoms in total. The van der Waals surface area contributed by atoms with Gasteiger partial charge in [-0.25, -0.2) is 4.68 Å². The molecule has 1 heterocycles. The smallest absolute Gasteiger partial charge is 0.165 e. The van der Waals surface area contributed by atoms with Crippen molar-refractivity contribution in [2.45, 2.75) is 58.0 Å². The van der Waals surface area contributed by atoms with E-state index in [1.165, 1.54) is 38.5 Å². The first kappa shape index (κ1) is 11.5. The number of tetrazole rings is 1. The Morgan fingerprint density at radius 2 is 2.00 bits per heavy atom. The maximum absolute atomic E-state index is 4.15. The zero-order valence-electron chi connectivity index (χ0n) is 10.0. The van der Waals surface area contributed by atoms with E-state index >= 15 is 0 Å². The Balaban J connectivity index is 2.03. The maximum Gasteiger partial charge on any atom is 0.165 e. The molecule has 2 rings (SSSR count). The van der Waals surface area contributed by atoms with Crippen LogP contribution in [0.5, 0.6) is 0 Å². The van der Waals surface area contributed by atoms with E-state index in [9.17, 15) is 0 Å². The monoisotopic (exact) mass is 223 g/mol. The van der Waals surface area contributed by atoms with Gasteiger partial charge in [0.05, 0.1) is 12.6 Å². The summed E-state index contributed by atoms with van der Waals surface area (Å²) in [6.07, 6.45) is 7.80. The lowest BCUT2D eigenvalue weighted by molar-refractivity contribution is 0.381. The normalized spacial score (nSPS) is 18.6. The Morgan fingerprint density at radius 1 is 1.25 bits per heavy atom. The lowest BCUT2D eigenvalue weighted by Crippen LogP contribution is -2.20. The molecule has 1 saturated carbocycles. The van der Waals surface area contributed by atoms with Crippen LogP contribution in [0.25, 0.3) is 0 Å². The van der Waals surface area contributed by atoms with Gasteiger partial charge >= 0.3 is 0 Å². The minimum Gasteiger partial charge on any atom is -0.310 e. The Morgan fingerprint density at radius 3 is 2.69 bits per heavy atom. The number of rotatable bonds is 4. The van der Waals surface area contributed by atoms with E-state index in [0.717, 1.165) is 18.9 Å². The molecular formula is C11H21N5. The van der Waals surface area contributed by atoms with Gasteiger partial charge in [0.2, 0.25) is 0 Å². The van der Waals surface area contributed by atoms with Crippen molar-refractivity contribution in [3.8, 4) is 0 Å². The minimum atomic E-state index is 0.520. The zero-order valence-corrected chi connectivity index (χ0v) is 10.0. The van der Waals surface area contributed by atoms with Gasteiger partial charge in [0.25, 0.3) is 0 Å². The SMILES string of the molecule is CCNCc1nnnn1C1CCCCCC1. The summed E-state index contributed by atoms with van der Waals surface area (Å²) >= 11 is 0. The first-order chi connectivity index (χ1) is 7.92. The van der Waals surface area contributed by atoms with E-state index in [1.807, 2.05) is 4.68 Å². The van der Waals surface area contributed by atoms with Crippen LogP contribution in [0.2, 0.25) is 0 Å². The highest BCUT2D eigenvalue weighted by Gasteiger charge is 2.18. The van der Waals surface area contributed by atoms with Crippen molar-refractivity contribution in [1.29, 1.82) is 0 Å². The quantitative estimate of drug-likeness (QED) is 0.789. The highest BCUT2D eigenvalue weighted by Crippen LogP contribution is 2.26. The molecule has 0 atom stereocenters. The Kier molecular flexibility index (Phi) is 4.27. The van der Waals surface area contributed by atoms with Crippen LogP contribution in [0.15, 0.2) is 0 Å². The van der Waals surface area contributed by atoms with Crippen molar-refractivity contribution in [3.05, 3.63) is 5.82 Å². The summed E-state index contributed by atoms with van der Waals surface area (Å²) in [7, 11) is 0. The second-order valence-electron chi connectivity index (χ2n) is 4.47. The molecule has 1 fully saturated rings. The van der Waals surface area contributed by atoms with E-state index < -0.39 is 0 Å². The Hall–Kier alpha value is -0.970. The summed E-state index contributed by atoms with van der Waals surface area (Å²) in [6.45, 7) is 3.83. The summed E-state index contributed by atoms with van der Waals surface area (Å²) < 4.78 is 2.04. The molecule has 0 aliphatic heterocycles. The fraction of sp³-hybridized carbons (Fsp3) is 0.909. The van der Waals surface area contributed by atoms with Crippen molar-refractivity contribution < 1.29 is 0 Å². The van der Waals surface area contributed by atoms with Crippen molar-refractivity contribution in [1.82, 2.24) is 25.5 Å². The summed E-state index contributed by atoms with van der Waals surface area (Å²) in [5.74, 6) is 0.980. The predicted octanol–water partition coefficient (Wildman–Crippen LogP) is 1.68. The van der Waals surface area contributed by atoms with E-state index in [-0.39, 0.29) is 0 Å². The van der Waals surface area contributed by atoms with Gasteiger partial charge in [0.15, 0.2) is 5.82 Å². The molecule has 0 aromatic carbocycles. The topological polar surface area (TPSA) is 55.6 Å². The molecule has 0 unspecified atom stereocenters. The molecule has 0 radical (unpaired) electrons. The van der Waals surface area contributed by atoms with Crippen molar-refractivity contribution in [2.75, 3.05) is 6.54 Å². The number of nitrogens with zero attached hydrogens (tertiary/aromatic N) is 4. The van der Waals surface area contributed by atoms with Gasteiger partial charge in [-0.05, 0) is 29.8 Å². The number of hydrogen-bond donors (Lipinski definition) is 1. The van der Waals surface area contributed by atoms with Crippen LogP contribution in [0.3, 0.4) is 0 Å². The molecule has 0 spiro atoms. The fourth-order valence-corrected chi connectivity index (χ4v) is 2.35. The first-order valence-corrected chi connectivity index (χ1v) is 6.39. The fourth-order valence-electron chi connectivity index (χ4n) is 2.35. The number of aromatic nitrogens is 4. The first-order valence-electron chi connectivity index (χ1n) is 6.39. The van der Waals surface area contributed by atoms with E-state index in [0.29, 0.717) is 6.04 Å². The number of nitrogens with one attached hydrogen (secondary N) is 1. The third-order valence-electron chi connectivity index (χ3n) is 3.26. The largest absolute Gasteiger partial charge is 0.310 e. The van der Waals surface area contributed by atoms with Crippen molar-refractivity contribution in [2.24, 2.45) is 0 Å². The lowest BCUT2D eigenvalue weighted by atomic mass is 10.1. The average molecular weight is 223 g/mol. The average Bonchev–Trinajstić information content (AvgIpc) is 2.60. The predicted molar refractivity (Wildman–Crippen MR) is 61.9 cm³/mol. The molecule has 16 heavy (non-hydrogen) atoms. The van der Waals surface area contributed by atoms with Crippen LogP contribution in [-0.2, 0) is 6.54 Å². The molecule has 0 amide bonds. The summed E-state index contributed by atoms with van der Waals surface area (Å²) in [6, 6.07) is 0.520. The van der Waals surface area contributed by atoms with Gasteiger partial charge in [0, 0.05) is 0 Å². The molecule has 0 bridgehead atoms. The van der Waals surface area contributed by atoms with E-state index in [4.69, 9.17) is 0 Å². The molecule has 5 heteroatoms. The van der Waals surface area contributed by atoms with Crippen LogP contribution in [-0.4, -0.2) is 26.8 Å². The minimum absolute atomic E-state index is 0.520. The third kappa shape index (κ3) is 2.78. The van der Waals surface area contributed by atoms with Crippen LogP contribution in [0.1, 0.15) is 57.3 Å². The van der Waals surface area contributed by atoms with Gasteiger partial charge in [-0.15, -0.1) is 5.10 Å². The summed E-state index contributed by atoms with van der Waals surface area (Å²) in [4.78, 5) is 0. The van der Waals surface area contributed by atoms with Gasteiger partial charge in [-0.3, -0.25) is 0 Å². The zero-order chi connectivity index (χ0) is 11.2. The standard InChI is InChI=1S/C11H21N5/c1-2-12-9-11-13-14-15-16(11)10-7-5-3-4-6-8-10/h10,12H,2-9H2,1H3. The molecule has 1 N–H and O–H groups in total. The molecule has 1 aliphatic rings. The summed E-state index contributed by atoms with van der Waals surface area (Å²) in [5.41, 5.74) is 0. The van der Waals surface area contributed by atoms with Crippen molar-refractivity contribution in [3.63, 3.8) is 0 Å². The van der Waals surface area contributed by atoms with Gasteiger partial charge in [-0.1, -0.05) is 32.6 Å². The molecule has 1 aromatic rings. The highest BCUT2D eigenvalue weighted by atomic mass is 15.6. The molecular weight excluding hydrogens is 202 g/mol. The highest BCUT2D eigenvalue weighted by molar-refractivity contribution is 4.84. The van der Waals surface area contributed by atoms with Crippen LogP contribution in [0.4, 0.5) is 0 Å². The molecule has 0 saturated heterocycles. The van der Waals surface area contributed by atoms with E-state index in [2.05, 4.69) is 27.8 Å². The van der Waals surface area contributed by atoms with Gasteiger partial charge < -0.3 is 5.32 Å². The Labute approximate surface area is 96.6 Å². The van der Waals surface area contributed by atoms with Crippen molar-refractivity contribution >= 4 is 0 Å². The lowest BCUT2D eigenvalue weighted by Gasteiger charge is -2.15. The third-order valence-corrected chi connectivity index (χ3v) is 3.26. The van der Waals surface area contributed by atoms with Gasteiger partial charge in [0.1, 0.15) is 0 Å². The molecule has 90 valence electrons. The van der Waals surface area contributed by atoms with Crippen LogP contribution >= 0.6 is 0 Å². The van der Waals surface area contributed by atoms with Crippen LogP contribution in [0, 0.1) is 0 Å².